The number of piperidine rings is 2. The summed E-state index contributed by atoms with van der Waals surface area (Å²) in [5.41, 5.74) is 4.61. The van der Waals surface area contributed by atoms with Crippen molar-refractivity contribution in [2.24, 2.45) is 18.9 Å². The van der Waals surface area contributed by atoms with Crippen molar-refractivity contribution in [2.45, 2.75) is 44.6 Å². The first kappa shape index (κ1) is 14.8. The number of hydrogen-bond donors (Lipinski definition) is 0. The molecule has 2 saturated heterocycles. The second-order valence-corrected chi connectivity index (χ2v) is 8.15. The van der Waals surface area contributed by atoms with Gasteiger partial charge in [-0.25, -0.2) is 0 Å². The molecule has 4 heterocycles. The van der Waals surface area contributed by atoms with E-state index in [1.54, 1.807) is 18.4 Å². The molecule has 6 rings (SSSR count). The zero-order valence-corrected chi connectivity index (χ0v) is 15.1. The van der Waals surface area contributed by atoms with E-state index in [1.165, 1.54) is 49.7 Å². The molecule has 5 atom stereocenters. The Balaban J connectivity index is 1.71. The number of ether oxygens (including phenoxy) is 1. The van der Waals surface area contributed by atoms with Crippen molar-refractivity contribution < 1.29 is 4.74 Å². The van der Waals surface area contributed by atoms with E-state index in [-0.39, 0.29) is 0 Å². The second-order valence-electron chi connectivity index (χ2n) is 8.15. The Hall–Kier alpha value is -1.48. The summed E-state index contributed by atoms with van der Waals surface area (Å²) in [6, 6.07) is 7.38. The lowest BCUT2D eigenvalue weighted by molar-refractivity contribution is -0.0140. The van der Waals surface area contributed by atoms with Gasteiger partial charge in [-0.2, -0.15) is 0 Å². The number of aryl methyl sites for hydroxylation is 1. The van der Waals surface area contributed by atoms with E-state index in [9.17, 15) is 0 Å². The Kier molecular flexibility index (Phi) is 3.25. The van der Waals surface area contributed by atoms with Crippen molar-refractivity contribution >= 4 is 10.9 Å². The highest BCUT2D eigenvalue weighted by Crippen LogP contribution is 2.51. The zero-order valence-electron chi connectivity index (χ0n) is 15.1. The van der Waals surface area contributed by atoms with Crippen molar-refractivity contribution in [1.82, 2.24) is 9.47 Å². The van der Waals surface area contributed by atoms with Gasteiger partial charge in [0.25, 0.3) is 0 Å². The third-order valence-electron chi connectivity index (χ3n) is 7.12. The first-order valence-corrected chi connectivity index (χ1v) is 9.60. The third kappa shape index (κ3) is 1.88. The van der Waals surface area contributed by atoms with Gasteiger partial charge in [0, 0.05) is 48.7 Å². The van der Waals surface area contributed by atoms with Gasteiger partial charge >= 0.3 is 0 Å². The normalized spacial score (nSPS) is 34.2. The summed E-state index contributed by atoms with van der Waals surface area (Å²) >= 11 is 0. The average molecular weight is 324 g/mol. The van der Waals surface area contributed by atoms with Crippen LogP contribution in [0.2, 0.25) is 0 Å². The highest BCUT2D eigenvalue weighted by atomic mass is 16.5. The molecule has 1 aromatic carbocycles. The van der Waals surface area contributed by atoms with E-state index in [4.69, 9.17) is 4.74 Å². The molecule has 3 heteroatoms. The van der Waals surface area contributed by atoms with Crippen LogP contribution in [0, 0.1) is 11.8 Å². The van der Waals surface area contributed by atoms with Crippen molar-refractivity contribution in [3.8, 4) is 5.75 Å². The number of methoxy groups -OCH3 is 1. The number of hydrogen-bond acceptors (Lipinski definition) is 2. The number of aromatic nitrogens is 1. The lowest BCUT2D eigenvalue weighted by Gasteiger charge is -2.53. The van der Waals surface area contributed by atoms with Crippen molar-refractivity contribution in [3.63, 3.8) is 0 Å². The molecule has 0 radical (unpaired) electrons. The predicted molar refractivity (Wildman–Crippen MR) is 97.8 cm³/mol. The van der Waals surface area contributed by atoms with Crippen LogP contribution < -0.4 is 4.74 Å². The lowest BCUT2D eigenvalue weighted by atomic mass is 9.65. The van der Waals surface area contributed by atoms with Crippen molar-refractivity contribution in [3.05, 3.63) is 29.5 Å². The molecular weight excluding hydrogens is 296 g/mol. The summed E-state index contributed by atoms with van der Waals surface area (Å²) in [5, 5.41) is 1.42. The molecule has 0 N–H and O–H groups in total. The van der Waals surface area contributed by atoms with E-state index < -0.39 is 0 Å². The van der Waals surface area contributed by atoms with Gasteiger partial charge in [0.05, 0.1) is 7.11 Å². The third-order valence-corrected chi connectivity index (χ3v) is 7.12. The summed E-state index contributed by atoms with van der Waals surface area (Å²) in [6.07, 6.45) is 5.38. The highest BCUT2D eigenvalue weighted by molar-refractivity contribution is 5.87. The Bertz CT molecular complexity index is 793. The van der Waals surface area contributed by atoms with Crippen LogP contribution in [-0.2, 0) is 13.5 Å². The van der Waals surface area contributed by atoms with Crippen LogP contribution in [0.5, 0.6) is 5.75 Å². The van der Waals surface area contributed by atoms with Crippen molar-refractivity contribution in [1.29, 1.82) is 0 Å². The largest absolute Gasteiger partial charge is 0.497 e. The average Bonchev–Trinajstić information content (AvgIpc) is 2.83. The molecule has 3 fully saturated rings. The molecule has 3 nitrogen and oxygen atoms in total. The molecule has 2 aromatic rings. The van der Waals surface area contributed by atoms with E-state index in [0.717, 1.165) is 29.5 Å². The van der Waals surface area contributed by atoms with Crippen LogP contribution in [0.4, 0.5) is 0 Å². The fraction of sp³-hybridized carbons (Fsp3) is 0.619. The second kappa shape index (κ2) is 5.26. The predicted octanol–water partition coefficient (Wildman–Crippen LogP) is 3.95. The Morgan fingerprint density at radius 3 is 2.92 bits per heavy atom. The van der Waals surface area contributed by atoms with Crippen molar-refractivity contribution in [2.75, 3.05) is 20.2 Å². The van der Waals surface area contributed by atoms with E-state index >= 15 is 0 Å². The van der Waals surface area contributed by atoms with Crippen LogP contribution in [0.1, 0.15) is 43.4 Å². The first-order valence-electron chi connectivity index (χ1n) is 9.60. The maximum atomic E-state index is 5.50. The van der Waals surface area contributed by atoms with E-state index in [2.05, 4.69) is 41.6 Å². The van der Waals surface area contributed by atoms with E-state index in [0.29, 0.717) is 0 Å². The standard InChI is InChI=1S/C21H28N2O/c1-4-14-9-13-10-18-20(14)23(12-13)8-7-16-17-11-15(24-3)5-6-19(17)22(2)21(16)18/h5-6,11,13-14,18,20H,4,7-10,12H2,1-3H3/t13-,14+,18-,20+/m1/s1. The monoisotopic (exact) mass is 324 g/mol. The lowest BCUT2D eigenvalue weighted by Crippen LogP contribution is -2.56. The topological polar surface area (TPSA) is 17.4 Å². The van der Waals surface area contributed by atoms with Gasteiger partial charge in [0.1, 0.15) is 5.75 Å². The summed E-state index contributed by atoms with van der Waals surface area (Å²) < 4.78 is 8.01. The molecule has 0 spiro atoms. The van der Waals surface area contributed by atoms with Gasteiger partial charge in [0.15, 0.2) is 0 Å². The Labute approximate surface area is 144 Å². The molecule has 1 unspecified atom stereocenters. The van der Waals surface area contributed by atoms with Gasteiger partial charge in [-0.3, -0.25) is 4.90 Å². The fourth-order valence-electron chi connectivity index (χ4n) is 6.21. The molecule has 0 amide bonds. The highest BCUT2D eigenvalue weighted by Gasteiger charge is 2.49. The molecule has 24 heavy (non-hydrogen) atoms. The van der Waals surface area contributed by atoms with Gasteiger partial charge in [-0.05, 0) is 54.9 Å². The summed E-state index contributed by atoms with van der Waals surface area (Å²) in [7, 11) is 4.05. The summed E-state index contributed by atoms with van der Waals surface area (Å²) in [6.45, 7) is 4.97. The van der Waals surface area contributed by atoms with Gasteiger partial charge in [-0.15, -0.1) is 0 Å². The SMILES string of the molecule is CC[C@H]1C[C@@H]2C[C@H]3c4c(c5cc(OC)ccc5n4C)CCN(C2)[C@@H]13. The van der Waals surface area contributed by atoms with Gasteiger partial charge in [0.2, 0.25) is 0 Å². The minimum atomic E-state index is 0.725. The van der Waals surface area contributed by atoms with Gasteiger partial charge < -0.3 is 9.30 Å². The molecule has 4 aliphatic rings. The number of fused-ring (bicyclic) bond motifs is 4. The minimum absolute atomic E-state index is 0.725. The molecule has 3 aliphatic heterocycles. The molecule has 1 aromatic heterocycles. The molecular formula is C21H28N2O. The summed E-state index contributed by atoms with van der Waals surface area (Å²) in [4.78, 5) is 2.84. The number of benzene rings is 1. The summed E-state index contributed by atoms with van der Waals surface area (Å²) in [5.74, 6) is 3.50. The van der Waals surface area contributed by atoms with Crippen LogP contribution in [0.15, 0.2) is 18.2 Å². The fourth-order valence-corrected chi connectivity index (χ4v) is 6.21. The first-order chi connectivity index (χ1) is 11.7. The Morgan fingerprint density at radius 1 is 1.25 bits per heavy atom. The zero-order chi connectivity index (χ0) is 16.4. The maximum Gasteiger partial charge on any atom is 0.119 e. The number of nitrogens with zero attached hydrogens (tertiary/aromatic N) is 2. The molecule has 1 saturated carbocycles. The Morgan fingerprint density at radius 2 is 2.12 bits per heavy atom. The minimum Gasteiger partial charge on any atom is -0.497 e. The number of rotatable bonds is 2. The molecule has 128 valence electrons. The quantitative estimate of drug-likeness (QED) is 0.832. The van der Waals surface area contributed by atoms with E-state index in [1.807, 2.05) is 0 Å². The van der Waals surface area contributed by atoms with Crippen LogP contribution in [0.3, 0.4) is 0 Å². The van der Waals surface area contributed by atoms with Crippen LogP contribution >= 0.6 is 0 Å². The molecule has 4 bridgehead atoms. The smallest absolute Gasteiger partial charge is 0.119 e. The molecule has 1 aliphatic carbocycles. The maximum absolute atomic E-state index is 5.50. The van der Waals surface area contributed by atoms with Crippen LogP contribution in [0.25, 0.3) is 10.9 Å². The van der Waals surface area contributed by atoms with Crippen LogP contribution in [-0.4, -0.2) is 35.7 Å². The van der Waals surface area contributed by atoms with Gasteiger partial charge in [-0.1, -0.05) is 13.3 Å².